The molecule has 0 atom stereocenters. The molecule has 152 valence electrons. The molecule has 2 N–H and O–H groups in total. The fourth-order valence-electron chi connectivity index (χ4n) is 3.76. The van der Waals surface area contributed by atoms with Crippen molar-refractivity contribution in [3.63, 3.8) is 0 Å². The molecule has 0 saturated heterocycles. The molecule has 0 fully saturated rings. The van der Waals surface area contributed by atoms with Crippen molar-refractivity contribution < 1.29 is 10.2 Å². The highest BCUT2D eigenvalue weighted by Crippen LogP contribution is 2.31. The smallest absolute Gasteiger partial charge is 0.0509 e. The van der Waals surface area contributed by atoms with Gasteiger partial charge in [0, 0.05) is 5.41 Å². The summed E-state index contributed by atoms with van der Waals surface area (Å²) in [5.74, 6) is 0. The van der Waals surface area contributed by atoms with Gasteiger partial charge in [-0.1, -0.05) is 117 Å². The van der Waals surface area contributed by atoms with E-state index >= 15 is 0 Å². The molecule has 2 nitrogen and oxygen atoms in total. The molecular formula is C23H48O2. The minimum absolute atomic E-state index is 0.149. The largest absolute Gasteiger partial charge is 0.396 e. The number of aliphatic hydroxyl groups excluding tert-OH is 2. The standard InChI is InChI=1S/C23H48O2/c1-3-5-7-9-11-13-15-17-19-23(21-24,22-25)20-18-16-14-12-10-8-6-4-2/h24-25H,3-22H2,1-2H3. The average Bonchev–Trinajstić information content (AvgIpc) is 2.64. The first kappa shape index (κ1) is 24.9. The lowest BCUT2D eigenvalue weighted by Crippen LogP contribution is -2.29. The number of unbranched alkanes of at least 4 members (excludes halogenated alkanes) is 14. The van der Waals surface area contributed by atoms with E-state index < -0.39 is 0 Å². The van der Waals surface area contributed by atoms with Crippen molar-refractivity contribution in [3.05, 3.63) is 0 Å². The zero-order valence-electron chi connectivity index (χ0n) is 17.5. The van der Waals surface area contributed by atoms with Crippen LogP contribution < -0.4 is 0 Å². The molecule has 0 amide bonds. The quantitative estimate of drug-likeness (QED) is 0.230. The summed E-state index contributed by atoms with van der Waals surface area (Å²) < 4.78 is 0. The molecule has 0 aliphatic rings. The number of rotatable bonds is 20. The summed E-state index contributed by atoms with van der Waals surface area (Å²) in [7, 11) is 0. The molecule has 25 heavy (non-hydrogen) atoms. The summed E-state index contributed by atoms with van der Waals surface area (Å²) in [6.45, 7) is 4.82. The van der Waals surface area contributed by atoms with E-state index in [0.717, 1.165) is 25.7 Å². The summed E-state index contributed by atoms with van der Waals surface area (Å²) in [5, 5.41) is 19.6. The third-order valence-corrected chi connectivity index (χ3v) is 5.79. The van der Waals surface area contributed by atoms with E-state index in [9.17, 15) is 10.2 Å². The maximum atomic E-state index is 9.82. The lowest BCUT2D eigenvalue weighted by Gasteiger charge is -2.30. The van der Waals surface area contributed by atoms with Crippen LogP contribution in [0.3, 0.4) is 0 Å². The average molecular weight is 357 g/mol. The van der Waals surface area contributed by atoms with E-state index in [0.29, 0.717) is 0 Å². The molecule has 0 aromatic heterocycles. The van der Waals surface area contributed by atoms with Crippen molar-refractivity contribution in [2.45, 2.75) is 129 Å². The Hall–Kier alpha value is -0.0800. The van der Waals surface area contributed by atoms with Crippen LogP contribution in [-0.2, 0) is 0 Å². The van der Waals surface area contributed by atoms with Gasteiger partial charge in [-0.3, -0.25) is 0 Å². The van der Waals surface area contributed by atoms with Gasteiger partial charge in [0.2, 0.25) is 0 Å². The third kappa shape index (κ3) is 14.7. The summed E-state index contributed by atoms with van der Waals surface area (Å²) in [6, 6.07) is 0. The van der Waals surface area contributed by atoms with Crippen molar-refractivity contribution >= 4 is 0 Å². The second-order valence-corrected chi connectivity index (χ2v) is 8.27. The van der Waals surface area contributed by atoms with Gasteiger partial charge in [0.15, 0.2) is 0 Å². The molecule has 0 radical (unpaired) electrons. The van der Waals surface area contributed by atoms with Crippen LogP contribution in [0.1, 0.15) is 129 Å². The van der Waals surface area contributed by atoms with Crippen LogP contribution in [0.25, 0.3) is 0 Å². The maximum Gasteiger partial charge on any atom is 0.0509 e. The number of aliphatic hydroxyl groups is 2. The molecule has 0 spiro atoms. The first-order valence-electron chi connectivity index (χ1n) is 11.5. The monoisotopic (exact) mass is 356 g/mol. The predicted octanol–water partition coefficient (Wildman–Crippen LogP) is 7.02. The molecule has 0 aliphatic heterocycles. The minimum atomic E-state index is -0.218. The van der Waals surface area contributed by atoms with Gasteiger partial charge in [0.05, 0.1) is 13.2 Å². The van der Waals surface area contributed by atoms with Gasteiger partial charge in [-0.2, -0.15) is 0 Å². The second kappa shape index (κ2) is 18.7. The highest BCUT2D eigenvalue weighted by Gasteiger charge is 2.27. The predicted molar refractivity (Wildman–Crippen MR) is 111 cm³/mol. The zero-order chi connectivity index (χ0) is 18.6. The van der Waals surface area contributed by atoms with Gasteiger partial charge >= 0.3 is 0 Å². The molecule has 0 aromatic rings. The van der Waals surface area contributed by atoms with Crippen molar-refractivity contribution in [3.8, 4) is 0 Å². The van der Waals surface area contributed by atoms with E-state index in [1.54, 1.807) is 0 Å². The summed E-state index contributed by atoms with van der Waals surface area (Å²) in [6.07, 6.45) is 23.0. The topological polar surface area (TPSA) is 40.5 Å². The van der Waals surface area contributed by atoms with Crippen LogP contribution in [0.15, 0.2) is 0 Å². The van der Waals surface area contributed by atoms with Crippen LogP contribution in [0.5, 0.6) is 0 Å². The molecule has 0 aliphatic carbocycles. The van der Waals surface area contributed by atoms with E-state index in [2.05, 4.69) is 13.8 Å². The third-order valence-electron chi connectivity index (χ3n) is 5.79. The van der Waals surface area contributed by atoms with Crippen LogP contribution in [0.4, 0.5) is 0 Å². The van der Waals surface area contributed by atoms with E-state index in [4.69, 9.17) is 0 Å². The van der Waals surface area contributed by atoms with Gasteiger partial charge in [-0.25, -0.2) is 0 Å². The van der Waals surface area contributed by atoms with Gasteiger partial charge in [0.25, 0.3) is 0 Å². The fourth-order valence-corrected chi connectivity index (χ4v) is 3.76. The molecule has 0 saturated carbocycles. The van der Waals surface area contributed by atoms with Gasteiger partial charge < -0.3 is 10.2 Å². The Morgan fingerprint density at radius 3 is 1.00 bits per heavy atom. The van der Waals surface area contributed by atoms with Gasteiger partial charge in [-0.05, 0) is 12.8 Å². The Labute approximate surface area is 158 Å². The molecule has 2 heteroatoms. The van der Waals surface area contributed by atoms with E-state index in [1.165, 1.54) is 89.9 Å². The van der Waals surface area contributed by atoms with Crippen LogP contribution in [-0.4, -0.2) is 23.4 Å². The fraction of sp³-hybridized carbons (Fsp3) is 1.00. The molecular weight excluding hydrogens is 308 g/mol. The summed E-state index contributed by atoms with van der Waals surface area (Å²) in [5.41, 5.74) is -0.218. The first-order valence-corrected chi connectivity index (χ1v) is 11.5. The summed E-state index contributed by atoms with van der Waals surface area (Å²) in [4.78, 5) is 0. The Kier molecular flexibility index (Phi) is 18.6. The SMILES string of the molecule is CCCCCCCCCCC(CO)(CO)CCCCCCCCCC. The Balaban J connectivity index is 3.70. The normalized spacial score (nSPS) is 12.0. The Morgan fingerprint density at radius 1 is 0.440 bits per heavy atom. The first-order chi connectivity index (χ1) is 12.2. The minimum Gasteiger partial charge on any atom is -0.396 e. The van der Waals surface area contributed by atoms with E-state index in [-0.39, 0.29) is 18.6 Å². The maximum absolute atomic E-state index is 9.82. The van der Waals surface area contributed by atoms with Crippen molar-refractivity contribution in [1.29, 1.82) is 0 Å². The highest BCUT2D eigenvalue weighted by atomic mass is 16.3. The second-order valence-electron chi connectivity index (χ2n) is 8.27. The Bertz CT molecular complexity index is 226. The molecule has 0 rings (SSSR count). The zero-order valence-corrected chi connectivity index (χ0v) is 17.5. The van der Waals surface area contributed by atoms with Crippen LogP contribution in [0.2, 0.25) is 0 Å². The molecule has 0 heterocycles. The summed E-state index contributed by atoms with van der Waals surface area (Å²) >= 11 is 0. The number of hydrogen-bond donors (Lipinski definition) is 2. The lowest BCUT2D eigenvalue weighted by molar-refractivity contribution is 0.0353. The van der Waals surface area contributed by atoms with Crippen LogP contribution >= 0.6 is 0 Å². The lowest BCUT2D eigenvalue weighted by atomic mass is 9.79. The molecule has 0 bridgehead atoms. The molecule has 0 unspecified atom stereocenters. The highest BCUT2D eigenvalue weighted by molar-refractivity contribution is 4.78. The van der Waals surface area contributed by atoms with Gasteiger partial charge in [-0.15, -0.1) is 0 Å². The van der Waals surface area contributed by atoms with Crippen LogP contribution in [0, 0.1) is 5.41 Å². The van der Waals surface area contributed by atoms with E-state index in [1.807, 2.05) is 0 Å². The van der Waals surface area contributed by atoms with Crippen molar-refractivity contribution in [1.82, 2.24) is 0 Å². The number of hydrogen-bond acceptors (Lipinski definition) is 2. The Morgan fingerprint density at radius 2 is 0.720 bits per heavy atom. The van der Waals surface area contributed by atoms with Gasteiger partial charge in [0.1, 0.15) is 0 Å². The van der Waals surface area contributed by atoms with Crippen molar-refractivity contribution in [2.24, 2.45) is 5.41 Å². The van der Waals surface area contributed by atoms with Crippen molar-refractivity contribution in [2.75, 3.05) is 13.2 Å². The molecule has 0 aromatic carbocycles.